The van der Waals surface area contributed by atoms with Gasteiger partial charge in [-0.25, -0.2) is 0 Å². The lowest BCUT2D eigenvalue weighted by molar-refractivity contribution is 0.0882. The van der Waals surface area contributed by atoms with Crippen molar-refractivity contribution >= 4 is 28.5 Å². The van der Waals surface area contributed by atoms with E-state index in [-0.39, 0.29) is 11.9 Å². The van der Waals surface area contributed by atoms with Gasteiger partial charge in [0.15, 0.2) is 5.76 Å². The molecule has 4 rings (SSSR count). The Morgan fingerprint density at radius 1 is 1.20 bits per heavy atom. The Balaban J connectivity index is 1.35. The number of halogens is 1. The molecule has 0 saturated carbocycles. The molecule has 0 spiro atoms. The third-order valence-electron chi connectivity index (χ3n) is 5.67. The second-order valence-corrected chi connectivity index (χ2v) is 8.23. The second kappa shape index (κ2) is 9.11. The summed E-state index contributed by atoms with van der Waals surface area (Å²) in [5.41, 5.74) is 2.81. The largest absolute Gasteiger partial charge is 0.494 e. The number of fused-ring (bicyclic) bond motifs is 1. The number of hydrogen-bond donors (Lipinski definition) is 1. The second-order valence-electron chi connectivity index (χ2n) is 7.80. The van der Waals surface area contributed by atoms with Crippen LogP contribution in [0.2, 0.25) is 5.02 Å². The van der Waals surface area contributed by atoms with Crippen molar-refractivity contribution in [2.24, 2.45) is 0 Å². The van der Waals surface area contributed by atoms with E-state index in [1.54, 1.807) is 0 Å². The van der Waals surface area contributed by atoms with Gasteiger partial charge in [-0.3, -0.25) is 9.69 Å². The van der Waals surface area contributed by atoms with Crippen molar-refractivity contribution in [3.63, 3.8) is 0 Å². The molecule has 1 aliphatic rings. The van der Waals surface area contributed by atoms with Gasteiger partial charge in [0, 0.05) is 41.6 Å². The fraction of sp³-hybridized carbons (Fsp3) is 0.375. The van der Waals surface area contributed by atoms with E-state index in [4.69, 9.17) is 20.8 Å². The Morgan fingerprint density at radius 2 is 1.93 bits per heavy atom. The van der Waals surface area contributed by atoms with Crippen LogP contribution in [0.4, 0.5) is 0 Å². The van der Waals surface area contributed by atoms with Crippen molar-refractivity contribution in [3.8, 4) is 5.75 Å². The normalized spacial score (nSPS) is 15.4. The third kappa shape index (κ3) is 4.63. The topological polar surface area (TPSA) is 54.7 Å². The summed E-state index contributed by atoms with van der Waals surface area (Å²) in [6, 6.07) is 13.8. The molecule has 1 N–H and O–H groups in total. The maximum Gasteiger partial charge on any atom is 0.287 e. The van der Waals surface area contributed by atoms with E-state index in [0.717, 1.165) is 54.2 Å². The molecule has 0 unspecified atom stereocenters. The molecule has 158 valence electrons. The van der Waals surface area contributed by atoms with Crippen molar-refractivity contribution < 1.29 is 13.9 Å². The van der Waals surface area contributed by atoms with Gasteiger partial charge in [0.1, 0.15) is 11.3 Å². The van der Waals surface area contributed by atoms with Crippen LogP contribution in [-0.2, 0) is 6.54 Å². The first-order chi connectivity index (χ1) is 14.5. The SMILES string of the molecule is CCOc1ccc2oc(C(=O)NC3CCN(Cc4ccc(Cl)cc4)CC3)c(C)c2c1. The van der Waals surface area contributed by atoms with Crippen LogP contribution in [0.5, 0.6) is 5.75 Å². The summed E-state index contributed by atoms with van der Waals surface area (Å²) in [6.45, 7) is 7.28. The molecule has 1 aromatic heterocycles. The Morgan fingerprint density at radius 3 is 2.63 bits per heavy atom. The van der Waals surface area contributed by atoms with Crippen molar-refractivity contribution in [3.05, 3.63) is 64.4 Å². The first kappa shape index (κ1) is 20.8. The number of ether oxygens (including phenoxy) is 1. The number of carbonyl (C=O) groups is 1. The molecule has 3 aromatic rings. The fourth-order valence-corrected chi connectivity index (χ4v) is 4.13. The highest BCUT2D eigenvalue weighted by Crippen LogP contribution is 2.29. The van der Waals surface area contributed by atoms with E-state index < -0.39 is 0 Å². The Bertz CT molecular complexity index is 1020. The van der Waals surface area contributed by atoms with Crippen molar-refractivity contribution in [1.82, 2.24) is 10.2 Å². The molecule has 0 atom stereocenters. The maximum absolute atomic E-state index is 12.9. The lowest BCUT2D eigenvalue weighted by atomic mass is 10.0. The Labute approximate surface area is 181 Å². The summed E-state index contributed by atoms with van der Waals surface area (Å²) < 4.78 is 11.4. The minimum Gasteiger partial charge on any atom is -0.494 e. The minimum atomic E-state index is -0.141. The molecule has 2 aromatic carbocycles. The van der Waals surface area contributed by atoms with Crippen LogP contribution in [0.1, 0.15) is 41.4 Å². The van der Waals surface area contributed by atoms with Crippen molar-refractivity contribution in [2.75, 3.05) is 19.7 Å². The molecule has 0 bridgehead atoms. The van der Waals surface area contributed by atoms with Gasteiger partial charge in [0.25, 0.3) is 5.91 Å². The molecule has 1 saturated heterocycles. The van der Waals surface area contributed by atoms with E-state index >= 15 is 0 Å². The molecule has 1 fully saturated rings. The summed E-state index contributed by atoms with van der Waals surface area (Å²) in [5, 5.41) is 4.84. The zero-order valence-corrected chi connectivity index (χ0v) is 18.2. The van der Waals surface area contributed by atoms with E-state index in [0.29, 0.717) is 18.0 Å². The summed E-state index contributed by atoms with van der Waals surface area (Å²) >= 11 is 5.96. The zero-order chi connectivity index (χ0) is 21.1. The predicted molar refractivity (Wildman–Crippen MR) is 119 cm³/mol. The number of aryl methyl sites for hydroxylation is 1. The van der Waals surface area contributed by atoms with Crippen LogP contribution in [0.3, 0.4) is 0 Å². The summed E-state index contributed by atoms with van der Waals surface area (Å²) in [7, 11) is 0. The van der Waals surface area contributed by atoms with E-state index in [1.165, 1.54) is 5.56 Å². The number of piperidine rings is 1. The molecule has 5 nitrogen and oxygen atoms in total. The van der Waals surface area contributed by atoms with E-state index in [9.17, 15) is 4.79 Å². The number of rotatable bonds is 6. The molecule has 30 heavy (non-hydrogen) atoms. The third-order valence-corrected chi connectivity index (χ3v) is 5.92. The van der Waals surface area contributed by atoms with Crippen LogP contribution in [0, 0.1) is 6.92 Å². The van der Waals surface area contributed by atoms with Crippen LogP contribution < -0.4 is 10.1 Å². The van der Waals surface area contributed by atoms with Crippen LogP contribution in [-0.4, -0.2) is 36.5 Å². The van der Waals surface area contributed by atoms with Crippen molar-refractivity contribution in [1.29, 1.82) is 0 Å². The van der Waals surface area contributed by atoms with Crippen molar-refractivity contribution in [2.45, 2.75) is 39.3 Å². The highest BCUT2D eigenvalue weighted by Gasteiger charge is 2.24. The zero-order valence-electron chi connectivity index (χ0n) is 17.4. The number of furan rings is 1. The molecule has 0 aliphatic carbocycles. The summed E-state index contributed by atoms with van der Waals surface area (Å²) in [5.74, 6) is 1.04. The highest BCUT2D eigenvalue weighted by atomic mass is 35.5. The fourth-order valence-electron chi connectivity index (χ4n) is 4.01. The maximum atomic E-state index is 12.9. The first-order valence-electron chi connectivity index (χ1n) is 10.5. The number of benzene rings is 2. The Hall–Kier alpha value is -2.50. The number of nitrogens with one attached hydrogen (secondary N) is 1. The van der Waals surface area contributed by atoms with Gasteiger partial charge in [0.2, 0.25) is 0 Å². The van der Waals surface area contributed by atoms with Gasteiger partial charge >= 0.3 is 0 Å². The molecular weight excluding hydrogens is 400 g/mol. The molecule has 6 heteroatoms. The van der Waals surface area contributed by atoms with Gasteiger partial charge in [-0.1, -0.05) is 23.7 Å². The highest BCUT2D eigenvalue weighted by molar-refractivity contribution is 6.30. The van der Waals surface area contributed by atoms with Crippen LogP contribution >= 0.6 is 11.6 Å². The predicted octanol–water partition coefficient (Wildman–Crippen LogP) is 5.19. The molecule has 1 aliphatic heterocycles. The Kier molecular flexibility index (Phi) is 6.30. The number of likely N-dealkylation sites (tertiary alicyclic amines) is 1. The average Bonchev–Trinajstić information content (AvgIpc) is 3.08. The smallest absolute Gasteiger partial charge is 0.287 e. The van der Waals surface area contributed by atoms with Crippen LogP contribution in [0.15, 0.2) is 46.9 Å². The summed E-state index contributed by atoms with van der Waals surface area (Å²) in [4.78, 5) is 15.3. The van der Waals surface area contributed by atoms with Gasteiger partial charge in [-0.05, 0) is 62.6 Å². The lowest BCUT2D eigenvalue weighted by Gasteiger charge is -2.32. The molecule has 1 amide bonds. The molecule has 0 radical (unpaired) electrons. The number of carbonyl (C=O) groups excluding carboxylic acids is 1. The van der Waals surface area contributed by atoms with Gasteiger partial charge < -0.3 is 14.5 Å². The van der Waals surface area contributed by atoms with E-state index in [1.807, 2.05) is 44.2 Å². The van der Waals surface area contributed by atoms with Gasteiger partial charge in [-0.2, -0.15) is 0 Å². The number of amides is 1. The van der Waals surface area contributed by atoms with Gasteiger partial charge in [-0.15, -0.1) is 0 Å². The first-order valence-corrected chi connectivity index (χ1v) is 10.8. The van der Waals surface area contributed by atoms with Crippen LogP contribution in [0.25, 0.3) is 11.0 Å². The molecular formula is C24H27ClN2O3. The lowest BCUT2D eigenvalue weighted by Crippen LogP contribution is -2.44. The minimum absolute atomic E-state index is 0.141. The summed E-state index contributed by atoms with van der Waals surface area (Å²) in [6.07, 6.45) is 1.85. The van der Waals surface area contributed by atoms with Gasteiger partial charge in [0.05, 0.1) is 6.61 Å². The quantitative estimate of drug-likeness (QED) is 0.589. The molecule has 2 heterocycles. The number of hydrogen-bond acceptors (Lipinski definition) is 4. The number of nitrogens with zero attached hydrogens (tertiary/aromatic N) is 1. The average molecular weight is 427 g/mol. The monoisotopic (exact) mass is 426 g/mol. The van der Waals surface area contributed by atoms with E-state index in [2.05, 4.69) is 22.3 Å². The standard InChI is InChI=1S/C24H27ClN2O3/c1-3-29-20-8-9-22-21(14-20)16(2)23(30-22)24(28)26-19-10-12-27(13-11-19)15-17-4-6-18(25)7-5-17/h4-9,14,19H,3,10-13,15H2,1-2H3,(H,26,28).